The fraction of sp³-hybridized carbons (Fsp3) is 0.625. The third-order valence-corrected chi connectivity index (χ3v) is 2.50. The second-order valence-electron chi connectivity index (χ2n) is 3.26. The van der Waals surface area contributed by atoms with E-state index in [-0.39, 0.29) is 0 Å². The standard InChI is InChI=1S/C8H16NO5P/c1-2-3-6(5-15(12,13)14)4-7(9)8(10)11/h4,7H,2-3,5,9H2,1H3,(H,10,11)(H2,12,13,14)/b6-4+/t7-/m1/s1. The number of hydrogen-bond acceptors (Lipinski definition) is 3. The first-order valence-electron chi connectivity index (χ1n) is 4.48. The molecule has 0 saturated heterocycles. The minimum absolute atomic E-state index is 0.390. The Kier molecular flexibility index (Phi) is 5.75. The number of nitrogens with two attached hydrogens (primary N) is 1. The number of carboxylic acids is 1. The van der Waals surface area contributed by atoms with Crippen molar-refractivity contribution in [2.24, 2.45) is 5.73 Å². The van der Waals surface area contributed by atoms with E-state index in [9.17, 15) is 9.36 Å². The maximum atomic E-state index is 10.7. The summed E-state index contributed by atoms with van der Waals surface area (Å²) in [6.45, 7) is 1.83. The summed E-state index contributed by atoms with van der Waals surface area (Å²) < 4.78 is 10.7. The van der Waals surface area contributed by atoms with Crippen LogP contribution in [0.2, 0.25) is 0 Å². The molecule has 7 heteroatoms. The average Bonchev–Trinajstić information content (AvgIpc) is 2.00. The molecule has 0 aromatic heterocycles. The van der Waals surface area contributed by atoms with E-state index in [2.05, 4.69) is 0 Å². The van der Waals surface area contributed by atoms with Crippen molar-refractivity contribution in [2.45, 2.75) is 25.8 Å². The Hall–Kier alpha value is -0.680. The van der Waals surface area contributed by atoms with Crippen molar-refractivity contribution in [2.75, 3.05) is 6.16 Å². The van der Waals surface area contributed by atoms with Gasteiger partial charge >= 0.3 is 13.6 Å². The van der Waals surface area contributed by atoms with E-state index in [1.807, 2.05) is 6.92 Å². The smallest absolute Gasteiger partial charge is 0.329 e. The normalized spacial score (nSPS) is 15.1. The first kappa shape index (κ1) is 14.3. The maximum Gasteiger partial charge on any atom is 0.329 e. The van der Waals surface area contributed by atoms with Crippen molar-refractivity contribution in [3.8, 4) is 0 Å². The Balaban J connectivity index is 4.65. The molecule has 88 valence electrons. The van der Waals surface area contributed by atoms with Crippen LogP contribution in [0, 0.1) is 0 Å². The van der Waals surface area contributed by atoms with E-state index in [0.717, 1.165) is 0 Å². The van der Waals surface area contributed by atoms with Crippen LogP contribution in [0.15, 0.2) is 11.6 Å². The van der Waals surface area contributed by atoms with E-state index in [4.69, 9.17) is 20.6 Å². The van der Waals surface area contributed by atoms with Crippen LogP contribution in [-0.4, -0.2) is 33.1 Å². The van der Waals surface area contributed by atoms with Crippen molar-refractivity contribution in [3.63, 3.8) is 0 Å². The van der Waals surface area contributed by atoms with Crippen LogP contribution in [0.25, 0.3) is 0 Å². The van der Waals surface area contributed by atoms with Crippen LogP contribution in [0.4, 0.5) is 0 Å². The van der Waals surface area contributed by atoms with E-state index < -0.39 is 25.8 Å². The monoisotopic (exact) mass is 237 g/mol. The molecule has 0 amide bonds. The van der Waals surface area contributed by atoms with Crippen molar-refractivity contribution in [1.82, 2.24) is 0 Å². The van der Waals surface area contributed by atoms with Crippen LogP contribution in [0.5, 0.6) is 0 Å². The predicted molar refractivity (Wildman–Crippen MR) is 55.5 cm³/mol. The van der Waals surface area contributed by atoms with Crippen LogP contribution >= 0.6 is 7.60 Å². The van der Waals surface area contributed by atoms with E-state index in [0.29, 0.717) is 18.4 Å². The number of rotatable bonds is 6. The first-order chi connectivity index (χ1) is 6.76. The molecule has 0 saturated carbocycles. The molecule has 0 heterocycles. The molecule has 0 unspecified atom stereocenters. The van der Waals surface area contributed by atoms with Gasteiger partial charge in [-0.3, -0.25) is 9.36 Å². The topological polar surface area (TPSA) is 121 Å². The van der Waals surface area contributed by atoms with Crippen molar-refractivity contribution in [3.05, 3.63) is 11.6 Å². The number of aliphatic carboxylic acids is 1. The molecule has 0 aliphatic carbocycles. The lowest BCUT2D eigenvalue weighted by molar-refractivity contribution is -0.137. The van der Waals surface area contributed by atoms with Gasteiger partial charge in [-0.05, 0) is 6.42 Å². The average molecular weight is 237 g/mol. The third kappa shape index (κ3) is 7.27. The van der Waals surface area contributed by atoms with E-state index in [1.165, 1.54) is 6.08 Å². The Morgan fingerprint density at radius 1 is 1.53 bits per heavy atom. The Bertz CT molecular complexity index is 295. The summed E-state index contributed by atoms with van der Waals surface area (Å²) in [5.74, 6) is -1.21. The predicted octanol–water partition coefficient (Wildman–Crippen LogP) is 0.302. The molecular formula is C8H16NO5P. The highest BCUT2D eigenvalue weighted by Gasteiger charge is 2.17. The van der Waals surface area contributed by atoms with Gasteiger partial charge in [-0.2, -0.15) is 0 Å². The molecule has 0 aliphatic rings. The highest BCUT2D eigenvalue weighted by Crippen LogP contribution is 2.37. The molecule has 6 nitrogen and oxygen atoms in total. The lowest BCUT2D eigenvalue weighted by Gasteiger charge is -2.09. The molecule has 0 aliphatic heterocycles. The lowest BCUT2D eigenvalue weighted by Crippen LogP contribution is -2.28. The van der Waals surface area contributed by atoms with E-state index in [1.54, 1.807) is 0 Å². The molecule has 0 aromatic carbocycles. The van der Waals surface area contributed by atoms with Crippen molar-refractivity contribution >= 4 is 13.6 Å². The lowest BCUT2D eigenvalue weighted by atomic mass is 10.1. The van der Waals surface area contributed by atoms with Crippen molar-refractivity contribution in [1.29, 1.82) is 0 Å². The Labute approximate surface area is 88.0 Å². The molecule has 15 heavy (non-hydrogen) atoms. The molecule has 0 bridgehead atoms. The zero-order valence-electron chi connectivity index (χ0n) is 8.46. The quantitative estimate of drug-likeness (QED) is 0.389. The largest absolute Gasteiger partial charge is 0.480 e. The molecule has 0 rings (SSSR count). The molecular weight excluding hydrogens is 221 g/mol. The molecule has 0 aromatic rings. The second kappa shape index (κ2) is 6.02. The summed E-state index contributed by atoms with van der Waals surface area (Å²) in [7, 11) is -4.15. The van der Waals surface area contributed by atoms with Gasteiger partial charge < -0.3 is 20.6 Å². The molecule has 0 fully saturated rings. The SMILES string of the molecule is CCC/C(=C\[C@@H](N)C(=O)O)CP(=O)(O)O. The van der Waals surface area contributed by atoms with Gasteiger partial charge in [0.05, 0.1) is 6.16 Å². The second-order valence-corrected chi connectivity index (χ2v) is 4.91. The number of allylic oxidation sites excluding steroid dienone is 1. The van der Waals surface area contributed by atoms with Gasteiger partial charge in [-0.15, -0.1) is 0 Å². The molecule has 0 radical (unpaired) electrons. The third-order valence-electron chi connectivity index (χ3n) is 1.68. The van der Waals surface area contributed by atoms with E-state index >= 15 is 0 Å². The van der Waals surface area contributed by atoms with Gasteiger partial charge in [-0.1, -0.05) is 25.0 Å². The van der Waals surface area contributed by atoms with Crippen LogP contribution in [0.1, 0.15) is 19.8 Å². The highest BCUT2D eigenvalue weighted by atomic mass is 31.2. The maximum absolute atomic E-state index is 10.7. The summed E-state index contributed by atoms with van der Waals surface area (Å²) in [5, 5.41) is 8.53. The minimum Gasteiger partial charge on any atom is -0.480 e. The highest BCUT2D eigenvalue weighted by molar-refractivity contribution is 7.52. The zero-order chi connectivity index (χ0) is 12.1. The van der Waals surface area contributed by atoms with Gasteiger partial charge in [0.1, 0.15) is 6.04 Å². The fourth-order valence-electron chi connectivity index (χ4n) is 1.13. The van der Waals surface area contributed by atoms with Crippen LogP contribution in [0.3, 0.4) is 0 Å². The number of carboxylic acid groups (broad SMARTS) is 1. The summed E-state index contributed by atoms with van der Waals surface area (Å²) in [6, 6.07) is -1.21. The summed E-state index contributed by atoms with van der Waals surface area (Å²) in [4.78, 5) is 27.9. The molecule has 0 spiro atoms. The number of carbonyl (C=O) groups is 1. The van der Waals surface area contributed by atoms with Gasteiger partial charge in [0, 0.05) is 0 Å². The van der Waals surface area contributed by atoms with Crippen LogP contribution < -0.4 is 5.73 Å². The Morgan fingerprint density at radius 2 is 2.07 bits per heavy atom. The minimum atomic E-state index is -4.15. The van der Waals surface area contributed by atoms with Gasteiger partial charge in [0.2, 0.25) is 0 Å². The summed E-state index contributed by atoms with van der Waals surface area (Å²) in [5.41, 5.74) is 5.63. The fourth-order valence-corrected chi connectivity index (χ4v) is 1.92. The first-order valence-corrected chi connectivity index (χ1v) is 6.28. The summed E-state index contributed by atoms with van der Waals surface area (Å²) >= 11 is 0. The van der Waals surface area contributed by atoms with Crippen molar-refractivity contribution < 1.29 is 24.3 Å². The van der Waals surface area contributed by atoms with Gasteiger partial charge in [-0.25, -0.2) is 0 Å². The summed E-state index contributed by atoms with van der Waals surface area (Å²) in [6.07, 6.45) is 1.89. The number of hydrogen-bond donors (Lipinski definition) is 4. The zero-order valence-corrected chi connectivity index (χ0v) is 9.35. The molecule has 1 atom stereocenters. The molecule has 5 N–H and O–H groups in total. The van der Waals surface area contributed by atoms with Gasteiger partial charge in [0.25, 0.3) is 0 Å². The van der Waals surface area contributed by atoms with Crippen LogP contribution in [-0.2, 0) is 9.36 Å². The van der Waals surface area contributed by atoms with Gasteiger partial charge in [0.15, 0.2) is 0 Å². The Morgan fingerprint density at radius 3 is 2.40 bits per heavy atom.